The van der Waals surface area contributed by atoms with Gasteiger partial charge in [0.15, 0.2) is 5.67 Å². The smallest absolute Gasteiger partial charge is 0.259 e. The lowest BCUT2D eigenvalue weighted by atomic mass is 10.0. The summed E-state index contributed by atoms with van der Waals surface area (Å²) in [4.78, 5) is 39.1. The van der Waals surface area contributed by atoms with E-state index in [1.54, 1.807) is 18.2 Å². The minimum atomic E-state index is -1.97. The number of amides is 3. The van der Waals surface area contributed by atoms with E-state index in [0.29, 0.717) is 10.7 Å². The zero-order valence-electron chi connectivity index (χ0n) is 19.7. The molecule has 2 atom stereocenters. The highest BCUT2D eigenvalue weighted by atomic mass is 35.5. The molecule has 1 aliphatic carbocycles. The van der Waals surface area contributed by atoms with Gasteiger partial charge >= 0.3 is 0 Å². The van der Waals surface area contributed by atoms with Crippen LogP contribution in [0, 0.1) is 12.8 Å². The molecule has 1 aliphatic heterocycles. The molecule has 1 saturated carbocycles. The van der Waals surface area contributed by atoms with Gasteiger partial charge in [-0.25, -0.2) is 4.39 Å². The van der Waals surface area contributed by atoms with Crippen molar-refractivity contribution in [2.45, 2.75) is 42.7 Å². The normalized spacial score (nSPS) is 20.9. The third-order valence-corrected chi connectivity index (χ3v) is 7.74. The Balaban J connectivity index is 1.41. The fraction of sp³-hybridized carbons (Fsp3) is 0.400. The quantitative estimate of drug-likeness (QED) is 0.446. The molecule has 2 aromatic rings. The molecule has 2 aromatic carbocycles. The molecule has 2 aliphatic rings. The van der Waals surface area contributed by atoms with Gasteiger partial charge in [-0.05, 0) is 62.2 Å². The van der Waals surface area contributed by atoms with Gasteiger partial charge in [0.25, 0.3) is 11.8 Å². The molecule has 6 nitrogen and oxygen atoms in total. The second-order valence-corrected chi connectivity index (χ2v) is 12.0. The van der Waals surface area contributed by atoms with Gasteiger partial charge < -0.3 is 15.5 Å². The Hall–Kier alpha value is -2.06. The van der Waals surface area contributed by atoms with Crippen LogP contribution in [0.1, 0.15) is 41.3 Å². The number of halogens is 5. The molecular weight excluding hydrogens is 551 g/mol. The fourth-order valence-corrected chi connectivity index (χ4v) is 5.71. The molecule has 3 amide bonds. The summed E-state index contributed by atoms with van der Waals surface area (Å²) in [5.74, 6) is -2.66. The third kappa shape index (κ3) is 5.44. The van der Waals surface area contributed by atoms with E-state index >= 15 is 0 Å². The van der Waals surface area contributed by atoms with Crippen LogP contribution in [0.3, 0.4) is 0 Å². The first-order valence-electron chi connectivity index (χ1n) is 11.2. The van der Waals surface area contributed by atoms with Gasteiger partial charge in [0.1, 0.15) is 4.33 Å². The highest BCUT2D eigenvalue weighted by molar-refractivity contribution is 6.53. The van der Waals surface area contributed by atoms with Crippen molar-refractivity contribution in [3.63, 3.8) is 0 Å². The van der Waals surface area contributed by atoms with Gasteiger partial charge in [0, 0.05) is 29.7 Å². The number of hydrogen-bond acceptors (Lipinski definition) is 3. The number of nitrogens with zero attached hydrogens (tertiary/aromatic N) is 1. The standard InChI is InChI=1S/C25H24Cl4FN3O3/c1-12-6-13(8-14(26)7-12)19-20(25(19,28)29)22(35)31-15-4-5-18(27)17(9-15)21(34)32-16-10-33(11-16)23(36)24(2,3)30/h4-9,16,19-20H,10-11H2,1-3H3,(H,31,35)(H,32,34). The predicted molar refractivity (Wildman–Crippen MR) is 140 cm³/mol. The Kier molecular flexibility index (Phi) is 7.25. The molecule has 2 N–H and O–H groups in total. The minimum absolute atomic E-state index is 0.144. The summed E-state index contributed by atoms with van der Waals surface area (Å²) in [5, 5.41) is 6.24. The number of hydrogen-bond donors (Lipinski definition) is 2. The van der Waals surface area contributed by atoms with Crippen molar-refractivity contribution in [1.29, 1.82) is 0 Å². The molecule has 2 fully saturated rings. The van der Waals surface area contributed by atoms with E-state index in [2.05, 4.69) is 10.6 Å². The highest BCUT2D eigenvalue weighted by Gasteiger charge is 2.67. The first-order chi connectivity index (χ1) is 16.7. The molecule has 2 unspecified atom stereocenters. The first kappa shape index (κ1) is 27.0. The van der Waals surface area contributed by atoms with E-state index in [1.807, 2.05) is 13.0 Å². The van der Waals surface area contributed by atoms with Crippen molar-refractivity contribution in [1.82, 2.24) is 10.2 Å². The summed E-state index contributed by atoms with van der Waals surface area (Å²) in [7, 11) is 0. The zero-order valence-corrected chi connectivity index (χ0v) is 22.7. The van der Waals surface area contributed by atoms with Crippen LogP contribution in [0.2, 0.25) is 10.0 Å². The van der Waals surface area contributed by atoms with Crippen molar-refractivity contribution in [2.75, 3.05) is 18.4 Å². The molecule has 1 saturated heterocycles. The molecule has 192 valence electrons. The molecule has 4 rings (SSSR count). The number of carbonyl (C=O) groups excluding carboxylic acids is 3. The molecule has 11 heteroatoms. The van der Waals surface area contributed by atoms with Crippen LogP contribution in [0.4, 0.5) is 10.1 Å². The highest BCUT2D eigenvalue weighted by Crippen LogP contribution is 2.65. The molecule has 0 spiro atoms. The van der Waals surface area contributed by atoms with Crippen molar-refractivity contribution in [3.8, 4) is 0 Å². The second-order valence-electron chi connectivity index (χ2n) is 9.73. The Morgan fingerprint density at radius 1 is 1.08 bits per heavy atom. The van der Waals surface area contributed by atoms with Gasteiger partial charge in [0.05, 0.1) is 22.5 Å². The number of carbonyl (C=O) groups is 3. The van der Waals surface area contributed by atoms with Crippen LogP contribution >= 0.6 is 46.4 Å². The van der Waals surface area contributed by atoms with Gasteiger partial charge in [-0.3, -0.25) is 14.4 Å². The number of aryl methyl sites for hydroxylation is 1. The van der Waals surface area contributed by atoms with Gasteiger partial charge in [-0.1, -0.05) is 29.3 Å². The van der Waals surface area contributed by atoms with Crippen molar-refractivity contribution >= 4 is 69.8 Å². The third-order valence-electron chi connectivity index (χ3n) is 6.25. The van der Waals surface area contributed by atoms with E-state index in [1.165, 1.54) is 30.9 Å². The second kappa shape index (κ2) is 9.67. The lowest BCUT2D eigenvalue weighted by Gasteiger charge is -2.41. The molecular formula is C25H24Cl4FN3O3. The summed E-state index contributed by atoms with van der Waals surface area (Å²) in [6.45, 7) is 4.67. The van der Waals surface area contributed by atoms with E-state index < -0.39 is 39.6 Å². The Bertz CT molecular complexity index is 1220. The SMILES string of the molecule is Cc1cc(Cl)cc(C2C(C(=O)Nc3ccc(Cl)c(C(=O)NC4CN(C(=O)C(C)(C)F)C4)c3)C2(Cl)Cl)c1. The monoisotopic (exact) mass is 573 g/mol. The molecule has 0 bridgehead atoms. The zero-order chi connectivity index (χ0) is 26.6. The predicted octanol–water partition coefficient (Wildman–Crippen LogP) is 5.52. The Morgan fingerprint density at radius 2 is 1.75 bits per heavy atom. The topological polar surface area (TPSA) is 78.5 Å². The molecule has 0 aromatic heterocycles. The Labute approximate surface area is 228 Å². The lowest BCUT2D eigenvalue weighted by molar-refractivity contribution is -0.146. The average Bonchev–Trinajstić information content (AvgIpc) is 3.32. The maximum Gasteiger partial charge on any atom is 0.259 e. The molecule has 0 radical (unpaired) electrons. The van der Waals surface area contributed by atoms with Crippen molar-refractivity contribution < 1.29 is 18.8 Å². The summed E-state index contributed by atoms with van der Waals surface area (Å²) in [6, 6.07) is 9.60. The van der Waals surface area contributed by atoms with Gasteiger partial charge in [-0.15, -0.1) is 23.2 Å². The van der Waals surface area contributed by atoms with Crippen LogP contribution in [-0.4, -0.2) is 51.8 Å². The van der Waals surface area contributed by atoms with Crippen LogP contribution in [0.5, 0.6) is 0 Å². The van der Waals surface area contributed by atoms with Crippen LogP contribution in [-0.2, 0) is 9.59 Å². The Morgan fingerprint density at radius 3 is 2.36 bits per heavy atom. The lowest BCUT2D eigenvalue weighted by Crippen LogP contribution is -2.63. The number of anilines is 1. The van der Waals surface area contributed by atoms with Gasteiger partial charge in [0.2, 0.25) is 5.91 Å². The fourth-order valence-electron chi connectivity index (χ4n) is 4.38. The molecule has 1 heterocycles. The largest absolute Gasteiger partial charge is 0.346 e. The molecule has 36 heavy (non-hydrogen) atoms. The van der Waals surface area contributed by atoms with Crippen molar-refractivity contribution in [2.24, 2.45) is 5.92 Å². The van der Waals surface area contributed by atoms with E-state index in [0.717, 1.165) is 11.1 Å². The number of benzene rings is 2. The summed E-state index contributed by atoms with van der Waals surface area (Å²) < 4.78 is 12.5. The number of alkyl halides is 3. The number of rotatable bonds is 6. The number of nitrogens with one attached hydrogen (secondary N) is 2. The van der Waals surface area contributed by atoms with E-state index in [4.69, 9.17) is 46.4 Å². The van der Waals surface area contributed by atoms with Crippen LogP contribution < -0.4 is 10.6 Å². The summed E-state index contributed by atoms with van der Waals surface area (Å²) in [6.07, 6.45) is 0. The minimum Gasteiger partial charge on any atom is -0.346 e. The maximum absolute atomic E-state index is 13.8. The number of likely N-dealkylation sites (tertiary alicyclic amines) is 1. The van der Waals surface area contributed by atoms with Crippen LogP contribution in [0.25, 0.3) is 0 Å². The van der Waals surface area contributed by atoms with Gasteiger partial charge in [-0.2, -0.15) is 0 Å². The maximum atomic E-state index is 13.8. The summed E-state index contributed by atoms with van der Waals surface area (Å²) in [5.41, 5.74) is 0.210. The summed E-state index contributed by atoms with van der Waals surface area (Å²) >= 11 is 25.3. The average molecular weight is 575 g/mol. The van der Waals surface area contributed by atoms with Crippen molar-refractivity contribution in [3.05, 3.63) is 63.1 Å². The van der Waals surface area contributed by atoms with E-state index in [-0.39, 0.29) is 29.7 Å². The van der Waals surface area contributed by atoms with Crippen LogP contribution in [0.15, 0.2) is 36.4 Å². The first-order valence-corrected chi connectivity index (χ1v) is 12.7. The van der Waals surface area contributed by atoms with E-state index in [9.17, 15) is 18.8 Å².